The first-order chi connectivity index (χ1) is 13.6. The van der Waals surface area contributed by atoms with Crippen molar-refractivity contribution in [3.05, 3.63) is 64.3 Å². The number of anilines is 1. The number of esters is 1. The summed E-state index contributed by atoms with van der Waals surface area (Å²) in [5.74, 6) is -0.720. The zero-order chi connectivity index (χ0) is 19.7. The number of methoxy groups -OCH3 is 1. The van der Waals surface area contributed by atoms with Crippen LogP contribution in [0.25, 0.3) is 10.9 Å². The molecule has 1 atom stereocenters. The van der Waals surface area contributed by atoms with Crippen molar-refractivity contribution in [3.8, 4) is 0 Å². The van der Waals surface area contributed by atoms with Crippen molar-refractivity contribution >= 4 is 40.1 Å². The van der Waals surface area contributed by atoms with Gasteiger partial charge < -0.3 is 19.9 Å². The SMILES string of the molecule is COC(=O)c1[nH]c2cccc(Cl)c2c1NC(=O)C[NH+]1CCc2ccccc2C1. The third-order valence-corrected chi connectivity index (χ3v) is 5.46. The van der Waals surface area contributed by atoms with Crippen LogP contribution in [-0.4, -0.2) is 37.1 Å². The highest BCUT2D eigenvalue weighted by Gasteiger charge is 2.25. The molecule has 0 radical (unpaired) electrons. The van der Waals surface area contributed by atoms with E-state index in [9.17, 15) is 9.59 Å². The maximum atomic E-state index is 12.8. The number of nitrogens with one attached hydrogen (secondary N) is 3. The van der Waals surface area contributed by atoms with Crippen LogP contribution in [0.5, 0.6) is 0 Å². The number of ether oxygens (including phenoxy) is 1. The van der Waals surface area contributed by atoms with Gasteiger partial charge in [-0.05, 0) is 17.7 Å². The molecule has 6 nitrogen and oxygen atoms in total. The summed E-state index contributed by atoms with van der Waals surface area (Å²) < 4.78 is 4.85. The molecule has 0 saturated heterocycles. The van der Waals surface area contributed by atoms with E-state index < -0.39 is 5.97 Å². The molecule has 0 spiro atoms. The number of rotatable bonds is 4. The smallest absolute Gasteiger partial charge is 0.356 e. The van der Waals surface area contributed by atoms with Gasteiger partial charge in [0.05, 0.1) is 24.4 Å². The minimum absolute atomic E-state index is 0.166. The fourth-order valence-corrected chi connectivity index (χ4v) is 4.06. The largest absolute Gasteiger partial charge is 0.464 e. The highest BCUT2D eigenvalue weighted by Crippen LogP contribution is 2.33. The average molecular weight is 399 g/mol. The van der Waals surface area contributed by atoms with Gasteiger partial charge in [0, 0.05) is 22.9 Å². The van der Waals surface area contributed by atoms with E-state index >= 15 is 0 Å². The van der Waals surface area contributed by atoms with Crippen molar-refractivity contribution < 1.29 is 19.2 Å². The molecular weight excluding hydrogens is 378 g/mol. The number of hydrogen-bond acceptors (Lipinski definition) is 3. The summed E-state index contributed by atoms with van der Waals surface area (Å²) >= 11 is 6.33. The summed E-state index contributed by atoms with van der Waals surface area (Å²) in [5, 5.41) is 3.95. The van der Waals surface area contributed by atoms with Gasteiger partial charge in [0.2, 0.25) is 0 Å². The molecule has 1 aromatic heterocycles. The van der Waals surface area contributed by atoms with E-state index in [2.05, 4.69) is 22.4 Å². The van der Waals surface area contributed by atoms with Crippen molar-refractivity contribution in [3.63, 3.8) is 0 Å². The first kappa shape index (κ1) is 18.5. The zero-order valence-electron chi connectivity index (χ0n) is 15.5. The van der Waals surface area contributed by atoms with E-state index in [0.29, 0.717) is 28.2 Å². The summed E-state index contributed by atoms with van der Waals surface area (Å²) in [4.78, 5) is 29.1. The molecule has 7 heteroatoms. The Kier molecular flexibility index (Phi) is 5.07. The average Bonchev–Trinajstić information content (AvgIpc) is 3.06. The molecule has 3 aromatic rings. The lowest BCUT2D eigenvalue weighted by molar-refractivity contribution is -0.907. The molecule has 1 amide bonds. The van der Waals surface area contributed by atoms with Crippen LogP contribution in [0, 0.1) is 0 Å². The molecule has 0 fully saturated rings. The van der Waals surface area contributed by atoms with Gasteiger partial charge in [-0.25, -0.2) is 4.79 Å². The molecule has 2 heterocycles. The summed E-state index contributed by atoms with van der Waals surface area (Å²) in [6.45, 7) is 2.01. The van der Waals surface area contributed by atoms with Crippen LogP contribution in [0.15, 0.2) is 42.5 Å². The zero-order valence-corrected chi connectivity index (χ0v) is 16.2. The number of fused-ring (bicyclic) bond motifs is 2. The van der Waals surface area contributed by atoms with Crippen LogP contribution >= 0.6 is 11.6 Å². The highest BCUT2D eigenvalue weighted by molar-refractivity contribution is 6.37. The lowest BCUT2D eigenvalue weighted by Gasteiger charge is -2.25. The second-order valence-corrected chi connectivity index (χ2v) is 7.36. The van der Waals surface area contributed by atoms with Crippen molar-refractivity contribution in [1.29, 1.82) is 0 Å². The molecule has 28 heavy (non-hydrogen) atoms. The number of quaternary nitrogens is 1. The third kappa shape index (κ3) is 3.48. The summed E-state index contributed by atoms with van der Waals surface area (Å²) in [6, 6.07) is 13.6. The minimum atomic E-state index is -0.554. The third-order valence-electron chi connectivity index (χ3n) is 5.14. The van der Waals surface area contributed by atoms with Crippen molar-refractivity contribution in [2.45, 2.75) is 13.0 Å². The first-order valence-corrected chi connectivity index (χ1v) is 9.53. The highest BCUT2D eigenvalue weighted by atomic mass is 35.5. The Morgan fingerprint density at radius 2 is 1.96 bits per heavy atom. The van der Waals surface area contributed by atoms with Crippen molar-refractivity contribution in [2.24, 2.45) is 0 Å². The van der Waals surface area contributed by atoms with Crippen LogP contribution < -0.4 is 10.2 Å². The number of carbonyl (C=O) groups is 2. The molecule has 3 N–H and O–H groups in total. The summed E-state index contributed by atoms with van der Waals surface area (Å²) in [7, 11) is 1.30. The molecule has 144 valence electrons. The quantitative estimate of drug-likeness (QED) is 0.590. The maximum absolute atomic E-state index is 12.8. The van der Waals surface area contributed by atoms with Crippen LogP contribution in [0.2, 0.25) is 5.02 Å². The number of benzene rings is 2. The number of hydrogen-bond donors (Lipinski definition) is 3. The number of halogens is 1. The lowest BCUT2D eigenvalue weighted by atomic mass is 10.00. The van der Waals surface area contributed by atoms with Gasteiger partial charge in [0.25, 0.3) is 5.91 Å². The molecule has 0 bridgehead atoms. The predicted octanol–water partition coefficient (Wildman–Crippen LogP) is 2.19. The van der Waals surface area contributed by atoms with E-state index in [-0.39, 0.29) is 11.6 Å². The monoisotopic (exact) mass is 398 g/mol. The fourth-order valence-electron chi connectivity index (χ4n) is 3.79. The topological polar surface area (TPSA) is 75.6 Å². The Hall–Kier alpha value is -2.83. The molecule has 2 aromatic carbocycles. The number of aromatic amines is 1. The van der Waals surface area contributed by atoms with E-state index in [0.717, 1.165) is 19.5 Å². The second-order valence-electron chi connectivity index (χ2n) is 6.95. The van der Waals surface area contributed by atoms with Gasteiger partial charge in [0.15, 0.2) is 6.54 Å². The minimum Gasteiger partial charge on any atom is -0.464 e. The van der Waals surface area contributed by atoms with E-state index in [1.165, 1.54) is 23.1 Å². The van der Waals surface area contributed by atoms with Crippen LogP contribution in [0.4, 0.5) is 5.69 Å². The molecule has 4 rings (SSSR count). The van der Waals surface area contributed by atoms with Gasteiger partial charge in [-0.1, -0.05) is 41.9 Å². The second kappa shape index (κ2) is 7.66. The maximum Gasteiger partial charge on any atom is 0.356 e. The molecule has 0 saturated carbocycles. The normalized spacial score (nSPS) is 15.9. The number of amides is 1. The molecule has 1 unspecified atom stereocenters. The van der Waals surface area contributed by atoms with Crippen LogP contribution in [0.3, 0.4) is 0 Å². The Morgan fingerprint density at radius 1 is 1.18 bits per heavy atom. The molecule has 1 aliphatic rings. The standard InChI is InChI=1S/C21H20ClN3O3/c1-28-21(27)20-19(18-15(22)7-4-8-16(18)23-20)24-17(26)12-25-10-9-13-5-2-3-6-14(13)11-25/h2-8,23H,9-12H2,1H3,(H,24,26)/p+1. The lowest BCUT2D eigenvalue weighted by Crippen LogP contribution is -3.12. The van der Waals surface area contributed by atoms with Gasteiger partial charge in [0.1, 0.15) is 12.2 Å². The number of aromatic nitrogens is 1. The van der Waals surface area contributed by atoms with Gasteiger partial charge in [-0.15, -0.1) is 0 Å². The van der Waals surface area contributed by atoms with Crippen molar-refractivity contribution in [1.82, 2.24) is 4.98 Å². The summed E-state index contributed by atoms with van der Waals surface area (Å²) in [6.07, 6.45) is 0.950. The first-order valence-electron chi connectivity index (χ1n) is 9.15. The molecular formula is C21H21ClN3O3+. The Balaban J connectivity index is 1.56. The van der Waals surface area contributed by atoms with Gasteiger partial charge in [-0.3, -0.25) is 4.79 Å². The van der Waals surface area contributed by atoms with Crippen LogP contribution in [-0.2, 0) is 22.5 Å². The molecule has 0 aliphatic carbocycles. The Morgan fingerprint density at radius 3 is 2.75 bits per heavy atom. The number of carbonyl (C=O) groups excluding carboxylic acids is 2. The van der Waals surface area contributed by atoms with Gasteiger partial charge >= 0.3 is 5.97 Å². The predicted molar refractivity (Wildman–Crippen MR) is 108 cm³/mol. The van der Waals surface area contributed by atoms with Crippen molar-refractivity contribution in [2.75, 3.05) is 25.5 Å². The Labute approximate surface area is 167 Å². The Bertz CT molecular complexity index is 1060. The molecule has 1 aliphatic heterocycles. The van der Waals surface area contributed by atoms with E-state index in [4.69, 9.17) is 16.3 Å². The van der Waals surface area contributed by atoms with Crippen LogP contribution in [0.1, 0.15) is 21.6 Å². The fraction of sp³-hybridized carbons (Fsp3) is 0.238. The summed E-state index contributed by atoms with van der Waals surface area (Å²) in [5.41, 5.74) is 3.86. The van der Waals surface area contributed by atoms with E-state index in [1.807, 2.05) is 12.1 Å². The number of H-pyrrole nitrogens is 1. The van der Waals surface area contributed by atoms with E-state index in [1.54, 1.807) is 18.2 Å². The van der Waals surface area contributed by atoms with Gasteiger partial charge in [-0.2, -0.15) is 0 Å².